The van der Waals surface area contributed by atoms with E-state index < -0.39 is 6.09 Å². The summed E-state index contributed by atoms with van der Waals surface area (Å²) in [5.74, 6) is 0. The Kier molecular flexibility index (Phi) is 2.41. The molecule has 5 nitrogen and oxygen atoms in total. The lowest BCUT2D eigenvalue weighted by atomic mass is 10.1. The smallest absolute Gasteiger partial charge is 0.407 e. The molecule has 88 valence electrons. The topological polar surface area (TPSA) is 66.3 Å². The van der Waals surface area contributed by atoms with Crippen molar-refractivity contribution in [2.24, 2.45) is 0 Å². The molecule has 0 atom stereocenters. The first-order valence-corrected chi connectivity index (χ1v) is 6.25. The zero-order chi connectivity index (χ0) is 12.0. The predicted molar refractivity (Wildman–Crippen MR) is 64.6 cm³/mol. The van der Waals surface area contributed by atoms with Gasteiger partial charge in [-0.05, 0) is 12.0 Å². The Morgan fingerprint density at radius 1 is 1.53 bits per heavy atom. The number of aromatic nitrogens is 2. The molecular formula is C10H8ClN3O2S. The van der Waals surface area contributed by atoms with Crippen LogP contribution in [0.15, 0.2) is 6.33 Å². The van der Waals surface area contributed by atoms with E-state index in [4.69, 9.17) is 16.7 Å². The molecule has 2 aromatic heterocycles. The van der Waals surface area contributed by atoms with Gasteiger partial charge < -0.3 is 10.0 Å². The second-order valence-corrected chi connectivity index (χ2v) is 5.24. The van der Waals surface area contributed by atoms with Crippen LogP contribution in [0.3, 0.4) is 0 Å². The average Bonchev–Trinajstić information content (AvgIpc) is 2.67. The largest absolute Gasteiger partial charge is 0.465 e. The van der Waals surface area contributed by atoms with E-state index in [0.29, 0.717) is 18.2 Å². The van der Waals surface area contributed by atoms with Gasteiger partial charge in [0, 0.05) is 11.4 Å². The molecule has 0 bridgehead atoms. The second-order valence-electron chi connectivity index (χ2n) is 3.80. The summed E-state index contributed by atoms with van der Waals surface area (Å²) in [5, 5.41) is 10.2. The molecule has 0 aliphatic carbocycles. The van der Waals surface area contributed by atoms with Crippen LogP contribution in [0.1, 0.15) is 10.4 Å². The fraction of sp³-hybridized carbons (Fsp3) is 0.300. The summed E-state index contributed by atoms with van der Waals surface area (Å²) in [7, 11) is 0. The zero-order valence-electron chi connectivity index (χ0n) is 8.68. The first-order valence-electron chi connectivity index (χ1n) is 5.05. The van der Waals surface area contributed by atoms with E-state index in [2.05, 4.69) is 9.97 Å². The summed E-state index contributed by atoms with van der Waals surface area (Å²) in [5.41, 5.74) is 0.962. The van der Waals surface area contributed by atoms with Crippen LogP contribution in [0.25, 0.3) is 10.2 Å². The Morgan fingerprint density at radius 2 is 2.35 bits per heavy atom. The van der Waals surface area contributed by atoms with Crippen molar-refractivity contribution >= 4 is 39.2 Å². The summed E-state index contributed by atoms with van der Waals surface area (Å²) >= 11 is 7.62. The Bertz CT molecular complexity index is 613. The van der Waals surface area contributed by atoms with Crippen molar-refractivity contribution in [2.45, 2.75) is 13.0 Å². The van der Waals surface area contributed by atoms with Gasteiger partial charge in [-0.3, -0.25) is 0 Å². The van der Waals surface area contributed by atoms with Crippen LogP contribution in [-0.2, 0) is 13.0 Å². The zero-order valence-corrected chi connectivity index (χ0v) is 10.3. The molecule has 0 spiro atoms. The number of hydrogen-bond donors (Lipinski definition) is 1. The average molecular weight is 270 g/mol. The molecule has 1 aliphatic heterocycles. The highest BCUT2D eigenvalue weighted by atomic mass is 35.5. The maximum absolute atomic E-state index is 11.0. The first kappa shape index (κ1) is 10.7. The van der Waals surface area contributed by atoms with E-state index in [1.54, 1.807) is 11.3 Å². The molecule has 7 heteroatoms. The van der Waals surface area contributed by atoms with E-state index in [-0.39, 0.29) is 0 Å². The fourth-order valence-corrected chi connectivity index (χ4v) is 3.48. The predicted octanol–water partition coefficient (Wildman–Crippen LogP) is 2.38. The van der Waals surface area contributed by atoms with Gasteiger partial charge in [-0.25, -0.2) is 14.8 Å². The highest BCUT2D eigenvalue weighted by molar-refractivity contribution is 7.19. The third-order valence-electron chi connectivity index (χ3n) is 2.85. The number of carbonyl (C=O) groups is 1. The molecule has 3 heterocycles. The first-order chi connectivity index (χ1) is 8.16. The molecule has 1 amide bonds. The van der Waals surface area contributed by atoms with Crippen molar-refractivity contribution in [2.75, 3.05) is 6.54 Å². The van der Waals surface area contributed by atoms with E-state index >= 15 is 0 Å². The van der Waals surface area contributed by atoms with Crippen LogP contribution in [0, 0.1) is 0 Å². The van der Waals surface area contributed by atoms with Crippen LogP contribution in [0.5, 0.6) is 0 Å². The maximum atomic E-state index is 11.0. The Hall–Kier alpha value is -1.40. The molecule has 0 saturated heterocycles. The molecule has 0 fully saturated rings. The molecule has 0 radical (unpaired) electrons. The number of hydrogen-bond acceptors (Lipinski definition) is 4. The molecule has 1 N–H and O–H groups in total. The molecule has 0 aromatic carbocycles. The van der Waals surface area contributed by atoms with E-state index in [0.717, 1.165) is 22.2 Å². The number of fused-ring (bicyclic) bond motifs is 3. The highest BCUT2D eigenvalue weighted by Crippen LogP contribution is 2.36. The lowest BCUT2D eigenvalue weighted by molar-refractivity contribution is 0.140. The van der Waals surface area contributed by atoms with Crippen molar-refractivity contribution in [3.8, 4) is 0 Å². The molecular weight excluding hydrogens is 262 g/mol. The minimum Gasteiger partial charge on any atom is -0.465 e. The fourth-order valence-electron chi connectivity index (χ4n) is 2.04. The molecule has 1 aliphatic rings. The number of carboxylic acid groups (broad SMARTS) is 1. The van der Waals surface area contributed by atoms with Gasteiger partial charge in [0.1, 0.15) is 16.3 Å². The van der Waals surface area contributed by atoms with Gasteiger partial charge >= 0.3 is 6.09 Å². The van der Waals surface area contributed by atoms with Gasteiger partial charge in [0.15, 0.2) is 0 Å². The summed E-state index contributed by atoms with van der Waals surface area (Å²) in [6.45, 7) is 0.901. The molecule has 0 saturated carbocycles. The number of halogens is 1. The van der Waals surface area contributed by atoms with E-state index in [9.17, 15) is 4.79 Å². The third-order valence-corrected chi connectivity index (χ3v) is 4.34. The van der Waals surface area contributed by atoms with Crippen molar-refractivity contribution in [1.29, 1.82) is 0 Å². The Labute approximate surface area is 106 Å². The molecule has 17 heavy (non-hydrogen) atoms. The number of amides is 1. The number of thiophene rings is 1. The summed E-state index contributed by atoms with van der Waals surface area (Å²) in [4.78, 5) is 22.5. The van der Waals surface area contributed by atoms with Crippen molar-refractivity contribution in [3.63, 3.8) is 0 Å². The summed E-state index contributed by atoms with van der Waals surface area (Å²) in [6, 6.07) is 0. The molecule has 0 unspecified atom stereocenters. The maximum Gasteiger partial charge on any atom is 0.407 e. The van der Waals surface area contributed by atoms with Gasteiger partial charge in [0.2, 0.25) is 0 Å². The van der Waals surface area contributed by atoms with Gasteiger partial charge in [0.05, 0.1) is 11.9 Å². The van der Waals surface area contributed by atoms with Gasteiger partial charge in [-0.15, -0.1) is 11.3 Å². The standard InChI is InChI=1S/C10H8ClN3O2S/c11-8-7-5-3-14(10(15)16)2-1-6(5)17-9(7)13-4-12-8/h4H,1-3H2,(H,15,16). The summed E-state index contributed by atoms with van der Waals surface area (Å²) in [6.07, 6.45) is 1.25. The quantitative estimate of drug-likeness (QED) is 0.746. The van der Waals surface area contributed by atoms with Crippen molar-refractivity contribution in [1.82, 2.24) is 14.9 Å². The van der Waals surface area contributed by atoms with Crippen molar-refractivity contribution in [3.05, 3.63) is 21.9 Å². The minimum atomic E-state index is -0.900. The van der Waals surface area contributed by atoms with Crippen LogP contribution >= 0.6 is 22.9 Å². The molecule has 2 aromatic rings. The van der Waals surface area contributed by atoms with Gasteiger partial charge in [-0.1, -0.05) is 11.6 Å². The van der Waals surface area contributed by atoms with Crippen molar-refractivity contribution < 1.29 is 9.90 Å². The van der Waals surface area contributed by atoms with Crippen LogP contribution in [0.4, 0.5) is 4.79 Å². The second kappa shape index (κ2) is 3.82. The monoisotopic (exact) mass is 269 g/mol. The number of nitrogens with zero attached hydrogens (tertiary/aromatic N) is 3. The van der Waals surface area contributed by atoms with Gasteiger partial charge in [-0.2, -0.15) is 0 Å². The van der Waals surface area contributed by atoms with Gasteiger partial charge in [0.25, 0.3) is 0 Å². The van der Waals surface area contributed by atoms with E-state index in [1.807, 2.05) is 0 Å². The summed E-state index contributed by atoms with van der Waals surface area (Å²) < 4.78 is 0. The minimum absolute atomic E-state index is 0.373. The normalized spacial score (nSPS) is 15.0. The third kappa shape index (κ3) is 1.64. The Morgan fingerprint density at radius 3 is 3.12 bits per heavy atom. The SMILES string of the molecule is O=C(O)N1CCc2sc3ncnc(Cl)c3c2C1. The highest BCUT2D eigenvalue weighted by Gasteiger charge is 2.25. The Balaban J connectivity index is 2.17. The van der Waals surface area contributed by atoms with Crippen LogP contribution < -0.4 is 0 Å². The lowest BCUT2D eigenvalue weighted by Crippen LogP contribution is -2.34. The molecule has 3 rings (SSSR count). The van der Waals surface area contributed by atoms with E-state index in [1.165, 1.54) is 16.1 Å². The lowest BCUT2D eigenvalue weighted by Gasteiger charge is -2.24. The van der Waals surface area contributed by atoms with Crippen LogP contribution in [0.2, 0.25) is 5.15 Å². The van der Waals surface area contributed by atoms with Crippen LogP contribution in [-0.4, -0.2) is 32.6 Å². The number of rotatable bonds is 0.